The predicted octanol–water partition coefficient (Wildman–Crippen LogP) is 1.57. The van der Waals surface area contributed by atoms with Gasteiger partial charge in [-0.1, -0.05) is 25.8 Å². The third-order valence-corrected chi connectivity index (χ3v) is 5.07. The van der Waals surface area contributed by atoms with Crippen LogP contribution >= 0.6 is 11.3 Å². The molecule has 0 radical (unpaired) electrons. The minimum absolute atomic E-state index is 0.0967. The zero-order valence-corrected chi connectivity index (χ0v) is 12.3. The maximum absolute atomic E-state index is 12.5. The molecule has 3 rings (SSSR count). The molecule has 1 unspecified atom stereocenters. The number of nitrogens with zero attached hydrogens (tertiary/aromatic N) is 1. The van der Waals surface area contributed by atoms with Crippen LogP contribution in [0.3, 0.4) is 0 Å². The average Bonchev–Trinajstić information content (AvgIpc) is 2.83. The Morgan fingerprint density at radius 3 is 2.85 bits per heavy atom. The lowest BCUT2D eigenvalue weighted by molar-refractivity contribution is -0.131. The Labute approximate surface area is 122 Å². The molecule has 2 fully saturated rings. The Morgan fingerprint density at radius 1 is 1.45 bits per heavy atom. The van der Waals surface area contributed by atoms with E-state index in [2.05, 4.69) is 22.2 Å². The van der Waals surface area contributed by atoms with Crippen LogP contribution in [0.5, 0.6) is 0 Å². The fourth-order valence-electron chi connectivity index (χ4n) is 3.11. The zero-order chi connectivity index (χ0) is 14.2. The summed E-state index contributed by atoms with van der Waals surface area (Å²) in [6.07, 6.45) is 7.51. The Morgan fingerprint density at radius 2 is 2.20 bits per heavy atom. The fraction of sp³-hybridized carbons (Fsp3) is 0.571. The van der Waals surface area contributed by atoms with E-state index in [0.29, 0.717) is 11.4 Å². The SMILES string of the molecule is C=C1NC2(CCCCC2)C(=O)NC1Cc1ncc(N)s1. The van der Waals surface area contributed by atoms with Gasteiger partial charge in [-0.15, -0.1) is 11.3 Å². The number of hydrogen-bond acceptors (Lipinski definition) is 5. The van der Waals surface area contributed by atoms with Crippen LogP contribution in [0.25, 0.3) is 0 Å². The second-order valence-electron chi connectivity index (χ2n) is 5.68. The highest BCUT2D eigenvalue weighted by Gasteiger charge is 2.44. The van der Waals surface area contributed by atoms with Crippen molar-refractivity contribution in [1.29, 1.82) is 0 Å². The highest BCUT2D eigenvalue weighted by molar-refractivity contribution is 7.15. The Bertz CT molecular complexity index is 533. The lowest BCUT2D eigenvalue weighted by Gasteiger charge is -2.44. The predicted molar refractivity (Wildman–Crippen MR) is 80.3 cm³/mol. The number of aromatic nitrogens is 1. The largest absolute Gasteiger partial charge is 0.389 e. The van der Waals surface area contributed by atoms with E-state index in [-0.39, 0.29) is 11.9 Å². The number of piperazine rings is 1. The summed E-state index contributed by atoms with van der Waals surface area (Å²) in [4.78, 5) is 16.7. The van der Waals surface area contributed by atoms with Crippen molar-refractivity contribution in [3.63, 3.8) is 0 Å². The van der Waals surface area contributed by atoms with Gasteiger partial charge in [0.05, 0.1) is 17.2 Å². The summed E-state index contributed by atoms with van der Waals surface area (Å²) in [5, 5.41) is 8.13. The molecule has 1 aliphatic carbocycles. The quantitative estimate of drug-likeness (QED) is 0.773. The summed E-state index contributed by atoms with van der Waals surface area (Å²) in [6.45, 7) is 4.10. The summed E-state index contributed by atoms with van der Waals surface area (Å²) in [5.41, 5.74) is 6.15. The highest BCUT2D eigenvalue weighted by Crippen LogP contribution is 2.32. The van der Waals surface area contributed by atoms with Crippen LogP contribution in [0.15, 0.2) is 18.5 Å². The normalized spacial score (nSPS) is 25.3. The number of nitrogens with one attached hydrogen (secondary N) is 2. The van der Waals surface area contributed by atoms with Gasteiger partial charge in [-0.25, -0.2) is 4.98 Å². The maximum atomic E-state index is 12.5. The van der Waals surface area contributed by atoms with Crippen molar-refractivity contribution < 1.29 is 4.79 Å². The molecule has 1 spiro atoms. The molecule has 2 aliphatic rings. The third-order valence-electron chi connectivity index (χ3n) is 4.22. The van der Waals surface area contributed by atoms with Gasteiger partial charge in [0.15, 0.2) is 0 Å². The molecule has 1 aromatic rings. The molecule has 1 aromatic heterocycles. The number of carbonyl (C=O) groups excluding carboxylic acids is 1. The molecule has 4 N–H and O–H groups in total. The first-order valence-electron chi connectivity index (χ1n) is 7.07. The van der Waals surface area contributed by atoms with Crippen LogP contribution in [0.1, 0.15) is 37.1 Å². The van der Waals surface area contributed by atoms with Crippen LogP contribution in [-0.2, 0) is 11.2 Å². The highest BCUT2D eigenvalue weighted by atomic mass is 32.1. The Kier molecular flexibility index (Phi) is 3.41. The van der Waals surface area contributed by atoms with Gasteiger partial charge in [0.25, 0.3) is 0 Å². The van der Waals surface area contributed by atoms with Crippen molar-refractivity contribution in [2.75, 3.05) is 5.73 Å². The number of hydrogen-bond donors (Lipinski definition) is 3. The minimum Gasteiger partial charge on any atom is -0.389 e. The van der Waals surface area contributed by atoms with E-state index >= 15 is 0 Å². The summed E-state index contributed by atoms with van der Waals surface area (Å²) in [5.74, 6) is 0.110. The molecule has 1 saturated heterocycles. The van der Waals surface area contributed by atoms with Crippen LogP contribution < -0.4 is 16.4 Å². The molecule has 108 valence electrons. The number of anilines is 1. The summed E-state index contributed by atoms with van der Waals surface area (Å²) in [7, 11) is 0. The summed E-state index contributed by atoms with van der Waals surface area (Å²) in [6, 6.07) is -0.0967. The first-order valence-corrected chi connectivity index (χ1v) is 7.89. The molecule has 0 bridgehead atoms. The van der Waals surface area contributed by atoms with Gasteiger partial charge in [0.2, 0.25) is 5.91 Å². The molecule has 0 aromatic carbocycles. The van der Waals surface area contributed by atoms with Crippen molar-refractivity contribution in [2.24, 2.45) is 0 Å². The molecular formula is C14H20N4OS. The topological polar surface area (TPSA) is 80.0 Å². The number of thiazole rings is 1. The van der Waals surface area contributed by atoms with Gasteiger partial charge in [0, 0.05) is 12.1 Å². The molecule has 1 amide bonds. The molecule has 1 atom stereocenters. The van der Waals surface area contributed by atoms with Gasteiger partial charge in [-0.3, -0.25) is 4.79 Å². The van der Waals surface area contributed by atoms with Gasteiger partial charge in [-0.2, -0.15) is 0 Å². The molecule has 20 heavy (non-hydrogen) atoms. The smallest absolute Gasteiger partial charge is 0.246 e. The molecule has 6 heteroatoms. The minimum atomic E-state index is -0.423. The van der Waals surface area contributed by atoms with Crippen molar-refractivity contribution in [3.05, 3.63) is 23.5 Å². The number of rotatable bonds is 2. The van der Waals surface area contributed by atoms with Gasteiger partial charge >= 0.3 is 0 Å². The Balaban J connectivity index is 1.71. The number of nitrogen functional groups attached to an aromatic ring is 1. The van der Waals surface area contributed by atoms with Crippen LogP contribution in [0, 0.1) is 0 Å². The van der Waals surface area contributed by atoms with E-state index in [1.165, 1.54) is 17.8 Å². The number of amides is 1. The van der Waals surface area contributed by atoms with Crippen molar-refractivity contribution >= 4 is 22.2 Å². The van der Waals surface area contributed by atoms with Crippen molar-refractivity contribution in [1.82, 2.24) is 15.6 Å². The second-order valence-corrected chi connectivity index (χ2v) is 6.83. The molecular weight excluding hydrogens is 272 g/mol. The van der Waals surface area contributed by atoms with E-state index < -0.39 is 5.54 Å². The molecule has 2 heterocycles. The monoisotopic (exact) mass is 292 g/mol. The lowest BCUT2D eigenvalue weighted by atomic mass is 9.78. The van der Waals surface area contributed by atoms with Crippen LogP contribution in [0.4, 0.5) is 5.00 Å². The van der Waals surface area contributed by atoms with Crippen LogP contribution in [-0.4, -0.2) is 22.5 Å². The summed E-state index contributed by atoms with van der Waals surface area (Å²) < 4.78 is 0. The van der Waals surface area contributed by atoms with Crippen LogP contribution in [0.2, 0.25) is 0 Å². The first-order chi connectivity index (χ1) is 9.59. The van der Waals surface area contributed by atoms with E-state index in [0.717, 1.165) is 36.4 Å². The van der Waals surface area contributed by atoms with E-state index in [1.807, 2.05) is 0 Å². The third kappa shape index (κ3) is 2.40. The van der Waals surface area contributed by atoms with E-state index in [1.54, 1.807) is 6.20 Å². The average molecular weight is 292 g/mol. The number of nitrogens with two attached hydrogens (primary N) is 1. The zero-order valence-electron chi connectivity index (χ0n) is 11.4. The van der Waals surface area contributed by atoms with E-state index in [9.17, 15) is 4.79 Å². The summed E-state index contributed by atoms with van der Waals surface area (Å²) >= 11 is 1.46. The van der Waals surface area contributed by atoms with Gasteiger partial charge in [-0.05, 0) is 12.8 Å². The molecule has 1 aliphatic heterocycles. The van der Waals surface area contributed by atoms with E-state index in [4.69, 9.17) is 5.73 Å². The Hall–Kier alpha value is -1.56. The molecule has 1 saturated carbocycles. The molecule has 5 nitrogen and oxygen atoms in total. The first kappa shape index (κ1) is 13.4. The second kappa shape index (κ2) is 5.09. The fourth-order valence-corrected chi connectivity index (χ4v) is 3.84. The van der Waals surface area contributed by atoms with Crippen molar-refractivity contribution in [3.8, 4) is 0 Å². The van der Waals surface area contributed by atoms with Gasteiger partial charge in [0.1, 0.15) is 10.5 Å². The maximum Gasteiger partial charge on any atom is 0.246 e. The van der Waals surface area contributed by atoms with Gasteiger partial charge < -0.3 is 16.4 Å². The lowest BCUT2D eigenvalue weighted by Crippen LogP contribution is -2.66. The number of carbonyl (C=O) groups is 1. The van der Waals surface area contributed by atoms with Crippen molar-refractivity contribution in [2.45, 2.75) is 50.1 Å². The standard InChI is InChI=1S/C14H20N4OS/c1-9-10(7-12-16-8-11(15)20-12)17-13(19)14(18-9)5-3-2-4-6-14/h8,10,18H,1-7,15H2,(H,17,19).